The molecule has 1 unspecified atom stereocenters. The van der Waals surface area contributed by atoms with Crippen molar-refractivity contribution in [1.29, 1.82) is 0 Å². The van der Waals surface area contributed by atoms with Crippen LogP contribution in [0.1, 0.15) is 72.3 Å². The topological polar surface area (TPSA) is 76.5 Å². The third kappa shape index (κ3) is 4.74. The Morgan fingerprint density at radius 2 is 1.91 bits per heavy atom. The first-order valence-electron chi connectivity index (χ1n) is 12.6. The van der Waals surface area contributed by atoms with E-state index in [9.17, 15) is 9.59 Å². The number of methoxy groups -OCH3 is 1. The smallest absolute Gasteiger partial charge is 0.272 e. The Kier molecular flexibility index (Phi) is 6.70. The van der Waals surface area contributed by atoms with E-state index in [1.807, 2.05) is 33.8 Å². The number of nitrogens with one attached hydrogen (secondary N) is 1. The molecule has 0 saturated heterocycles. The molecule has 5 rings (SSSR count). The molecule has 1 aliphatic heterocycles. The number of allylic oxidation sites excluding steroid dienone is 2. The molecule has 0 bridgehead atoms. The number of ether oxygens (including phenoxy) is 1. The molecule has 180 valence electrons. The van der Waals surface area contributed by atoms with E-state index in [1.165, 1.54) is 0 Å². The Bertz CT molecular complexity index is 1070. The molecule has 34 heavy (non-hydrogen) atoms. The Morgan fingerprint density at radius 3 is 2.62 bits per heavy atom. The number of hydrogen-bond acceptors (Lipinski definition) is 4. The van der Waals surface area contributed by atoms with Gasteiger partial charge in [0.05, 0.1) is 13.7 Å². The van der Waals surface area contributed by atoms with Crippen molar-refractivity contribution in [3.8, 4) is 5.75 Å². The maximum atomic E-state index is 13.3. The lowest BCUT2D eigenvalue weighted by atomic mass is 9.92. The third-order valence-corrected chi connectivity index (χ3v) is 7.46. The zero-order chi connectivity index (χ0) is 23.5. The molecule has 1 atom stereocenters. The van der Waals surface area contributed by atoms with Crippen LogP contribution in [-0.2, 0) is 24.3 Å². The highest BCUT2D eigenvalue weighted by Gasteiger charge is 2.33. The molecule has 0 radical (unpaired) electrons. The van der Waals surface area contributed by atoms with E-state index < -0.39 is 0 Å². The molecule has 2 aliphatic carbocycles. The van der Waals surface area contributed by atoms with Gasteiger partial charge in [0.15, 0.2) is 5.69 Å². The molecule has 1 aromatic carbocycles. The van der Waals surface area contributed by atoms with Gasteiger partial charge in [-0.15, -0.1) is 0 Å². The van der Waals surface area contributed by atoms with Crippen molar-refractivity contribution in [2.75, 3.05) is 13.7 Å². The van der Waals surface area contributed by atoms with E-state index in [4.69, 9.17) is 9.84 Å². The number of amides is 2. The van der Waals surface area contributed by atoms with E-state index in [0.29, 0.717) is 31.7 Å². The lowest BCUT2D eigenvalue weighted by Gasteiger charge is -2.31. The van der Waals surface area contributed by atoms with Gasteiger partial charge in [-0.05, 0) is 49.8 Å². The van der Waals surface area contributed by atoms with Gasteiger partial charge >= 0.3 is 0 Å². The number of aromatic nitrogens is 2. The maximum Gasteiger partial charge on any atom is 0.272 e. The van der Waals surface area contributed by atoms with Crippen molar-refractivity contribution in [1.82, 2.24) is 20.0 Å². The summed E-state index contributed by atoms with van der Waals surface area (Å²) in [6.45, 7) is 1.72. The van der Waals surface area contributed by atoms with Crippen molar-refractivity contribution >= 4 is 11.8 Å². The van der Waals surface area contributed by atoms with Crippen molar-refractivity contribution in [2.45, 2.75) is 70.5 Å². The number of hydrogen-bond donors (Lipinski definition) is 1. The second kappa shape index (κ2) is 10.0. The van der Waals surface area contributed by atoms with Gasteiger partial charge in [-0.25, -0.2) is 0 Å². The number of carbonyl (C=O) groups excluding carboxylic acids is 2. The quantitative estimate of drug-likeness (QED) is 0.662. The molecule has 3 aliphatic rings. The summed E-state index contributed by atoms with van der Waals surface area (Å²) in [4.78, 5) is 28.5. The Balaban J connectivity index is 1.41. The number of carbonyl (C=O) groups is 2. The molecular formula is C27H34N4O3. The number of rotatable bonds is 6. The molecule has 2 amide bonds. The molecule has 7 nitrogen and oxygen atoms in total. The fourth-order valence-corrected chi connectivity index (χ4v) is 5.50. The summed E-state index contributed by atoms with van der Waals surface area (Å²) < 4.78 is 7.24. The van der Waals surface area contributed by atoms with Crippen molar-refractivity contribution in [3.63, 3.8) is 0 Å². The van der Waals surface area contributed by atoms with Gasteiger partial charge in [-0.3, -0.25) is 14.3 Å². The van der Waals surface area contributed by atoms with Crippen LogP contribution in [0, 0.1) is 5.92 Å². The van der Waals surface area contributed by atoms with Crippen LogP contribution in [0.4, 0.5) is 0 Å². The van der Waals surface area contributed by atoms with Gasteiger partial charge in [-0.2, -0.15) is 5.10 Å². The Morgan fingerprint density at radius 1 is 1.12 bits per heavy atom. The van der Waals surface area contributed by atoms with Crippen molar-refractivity contribution < 1.29 is 14.3 Å². The summed E-state index contributed by atoms with van der Waals surface area (Å²) in [5, 5.41) is 8.00. The maximum absolute atomic E-state index is 13.3. The van der Waals surface area contributed by atoms with Crippen LogP contribution in [0.3, 0.4) is 0 Å². The summed E-state index contributed by atoms with van der Waals surface area (Å²) in [6.07, 6.45) is 12.1. The molecule has 0 spiro atoms. The van der Waals surface area contributed by atoms with E-state index in [2.05, 4.69) is 17.5 Å². The summed E-state index contributed by atoms with van der Waals surface area (Å²) >= 11 is 0. The number of benzene rings is 1. The van der Waals surface area contributed by atoms with Crippen LogP contribution >= 0.6 is 0 Å². The summed E-state index contributed by atoms with van der Waals surface area (Å²) in [5.41, 5.74) is 3.56. The fraction of sp³-hybridized carbons (Fsp3) is 0.519. The largest absolute Gasteiger partial charge is 0.497 e. The predicted molar refractivity (Wildman–Crippen MR) is 130 cm³/mol. The summed E-state index contributed by atoms with van der Waals surface area (Å²) in [7, 11) is 1.66. The Hall–Kier alpha value is -3.09. The standard InChI is InChI=1S/C27H34N4O3/c1-34-22-13-11-19(12-14-22)17-31-24-15-16-30(27(33)20-7-3-2-4-8-20)18-23(24)25(29-31)26(32)28-21-9-5-6-10-21/h2-3,11-14,20-21H,4-10,15-18H2,1H3,(H,28,32). The molecule has 2 aromatic rings. The van der Waals surface area contributed by atoms with Crippen LogP contribution in [0.25, 0.3) is 0 Å². The minimum atomic E-state index is -0.105. The second-order valence-electron chi connectivity index (χ2n) is 9.73. The van der Waals surface area contributed by atoms with Gasteiger partial charge in [0.2, 0.25) is 5.91 Å². The van der Waals surface area contributed by atoms with Crippen LogP contribution in [0.5, 0.6) is 5.75 Å². The van der Waals surface area contributed by atoms with Crippen molar-refractivity contribution in [3.05, 3.63) is 58.9 Å². The molecule has 1 N–H and O–H groups in total. The summed E-state index contributed by atoms with van der Waals surface area (Å²) in [6, 6.07) is 8.17. The van der Waals surface area contributed by atoms with Gasteiger partial charge in [0.25, 0.3) is 5.91 Å². The first-order valence-corrected chi connectivity index (χ1v) is 12.6. The second-order valence-corrected chi connectivity index (χ2v) is 9.73. The molecule has 1 fully saturated rings. The number of nitrogens with zero attached hydrogens (tertiary/aromatic N) is 3. The molecule has 7 heteroatoms. The minimum Gasteiger partial charge on any atom is -0.497 e. The predicted octanol–water partition coefficient (Wildman–Crippen LogP) is 3.85. The minimum absolute atomic E-state index is 0.0525. The summed E-state index contributed by atoms with van der Waals surface area (Å²) in [5.74, 6) is 0.970. The van der Waals surface area contributed by atoms with Gasteiger partial charge < -0.3 is 15.0 Å². The van der Waals surface area contributed by atoms with E-state index >= 15 is 0 Å². The first kappa shape index (κ1) is 22.7. The van der Waals surface area contributed by atoms with Gasteiger partial charge in [0.1, 0.15) is 5.75 Å². The lowest BCUT2D eigenvalue weighted by molar-refractivity contribution is -0.136. The third-order valence-electron chi connectivity index (χ3n) is 7.46. The SMILES string of the molecule is COc1ccc(Cn2nc(C(=O)NC3CCCC3)c3c2CCN(C(=O)C2CC=CCC2)C3)cc1. The van der Waals surface area contributed by atoms with Crippen molar-refractivity contribution in [2.24, 2.45) is 5.92 Å². The number of fused-ring (bicyclic) bond motifs is 1. The zero-order valence-electron chi connectivity index (χ0n) is 20.0. The van der Waals surface area contributed by atoms with Gasteiger partial charge in [0, 0.05) is 42.7 Å². The molecule has 1 aromatic heterocycles. The average molecular weight is 463 g/mol. The average Bonchev–Trinajstić information content (AvgIpc) is 3.52. The highest BCUT2D eigenvalue weighted by atomic mass is 16.5. The fourth-order valence-electron chi connectivity index (χ4n) is 5.50. The van der Waals surface area contributed by atoms with Crippen LogP contribution in [0.15, 0.2) is 36.4 Å². The highest BCUT2D eigenvalue weighted by molar-refractivity contribution is 5.94. The molecular weight excluding hydrogens is 428 g/mol. The monoisotopic (exact) mass is 462 g/mol. The molecule has 1 saturated carbocycles. The lowest BCUT2D eigenvalue weighted by Crippen LogP contribution is -2.41. The first-order chi connectivity index (χ1) is 16.6. The highest BCUT2D eigenvalue weighted by Crippen LogP contribution is 2.28. The van der Waals surface area contributed by atoms with Crippen LogP contribution in [0.2, 0.25) is 0 Å². The normalized spacial score (nSPS) is 20.3. The van der Waals surface area contributed by atoms with E-state index in [1.54, 1.807) is 7.11 Å². The zero-order valence-corrected chi connectivity index (χ0v) is 20.0. The van der Waals surface area contributed by atoms with Crippen LogP contribution < -0.4 is 10.1 Å². The van der Waals surface area contributed by atoms with E-state index in [0.717, 1.165) is 67.5 Å². The van der Waals surface area contributed by atoms with E-state index in [-0.39, 0.29) is 23.8 Å². The molecule has 2 heterocycles. The van der Waals surface area contributed by atoms with Crippen LogP contribution in [-0.4, -0.2) is 46.2 Å². The van der Waals surface area contributed by atoms with Gasteiger partial charge in [-0.1, -0.05) is 37.1 Å². The Labute approximate surface area is 201 Å².